The Labute approximate surface area is 106 Å². The van der Waals surface area contributed by atoms with Gasteiger partial charge in [-0.1, -0.05) is 13.3 Å². The molecule has 3 amide bonds. The van der Waals surface area contributed by atoms with E-state index in [1.807, 2.05) is 0 Å². The van der Waals surface area contributed by atoms with Crippen molar-refractivity contribution in [3.05, 3.63) is 12.2 Å². The molecule has 0 aliphatic carbocycles. The lowest BCUT2D eigenvalue weighted by Crippen LogP contribution is -2.46. The fourth-order valence-corrected chi connectivity index (χ4v) is 1.92. The zero-order valence-electron chi connectivity index (χ0n) is 10.4. The normalized spacial score (nSPS) is 16.8. The zero-order valence-corrected chi connectivity index (χ0v) is 10.4. The van der Waals surface area contributed by atoms with Crippen LogP contribution in [-0.4, -0.2) is 41.0 Å². The molecular weight excluding hydrogens is 236 g/mol. The van der Waals surface area contributed by atoms with Crippen LogP contribution >= 0.6 is 0 Å². The highest BCUT2D eigenvalue weighted by Crippen LogP contribution is 2.19. The molecule has 0 saturated carbocycles. The van der Waals surface area contributed by atoms with E-state index in [0.717, 1.165) is 25.3 Å². The molecule has 0 spiro atoms. The van der Waals surface area contributed by atoms with Gasteiger partial charge in [0.1, 0.15) is 0 Å². The van der Waals surface area contributed by atoms with Crippen molar-refractivity contribution in [1.29, 1.82) is 0 Å². The first kappa shape index (κ1) is 14.2. The first-order valence-electron chi connectivity index (χ1n) is 6.03. The van der Waals surface area contributed by atoms with Crippen LogP contribution in [0.25, 0.3) is 0 Å². The van der Waals surface area contributed by atoms with Crippen molar-refractivity contribution in [3.8, 4) is 0 Å². The van der Waals surface area contributed by atoms with Crippen molar-refractivity contribution < 1.29 is 19.5 Å². The second-order valence-electron chi connectivity index (χ2n) is 4.30. The molecule has 1 fully saturated rings. The molecule has 0 bridgehead atoms. The Hall–Kier alpha value is -1.85. The van der Waals surface area contributed by atoms with E-state index in [-0.39, 0.29) is 0 Å². The van der Waals surface area contributed by atoms with Crippen molar-refractivity contribution in [2.24, 2.45) is 5.92 Å². The van der Waals surface area contributed by atoms with E-state index in [0.29, 0.717) is 25.1 Å². The number of nitrogens with one attached hydrogen (secondary N) is 1. The van der Waals surface area contributed by atoms with Crippen molar-refractivity contribution >= 4 is 17.9 Å². The molecule has 1 rings (SSSR count). The number of hydrogen-bond donors (Lipinski definition) is 2. The van der Waals surface area contributed by atoms with E-state index in [9.17, 15) is 14.4 Å². The number of aliphatic carboxylic acids is 1. The lowest BCUT2D eigenvalue weighted by Gasteiger charge is -2.31. The molecule has 18 heavy (non-hydrogen) atoms. The summed E-state index contributed by atoms with van der Waals surface area (Å²) < 4.78 is 0. The highest BCUT2D eigenvalue weighted by molar-refractivity contribution is 6.02. The summed E-state index contributed by atoms with van der Waals surface area (Å²) in [5.41, 5.74) is 0. The molecule has 2 N–H and O–H groups in total. The molecule has 1 saturated heterocycles. The Morgan fingerprint density at radius 2 is 1.89 bits per heavy atom. The molecule has 6 nitrogen and oxygen atoms in total. The molecule has 0 aromatic carbocycles. The van der Waals surface area contributed by atoms with Crippen LogP contribution in [0.15, 0.2) is 12.2 Å². The molecular formula is C12H18N2O4. The Bertz CT molecular complexity index is 357. The monoisotopic (exact) mass is 254 g/mol. The van der Waals surface area contributed by atoms with Gasteiger partial charge in [0.05, 0.1) is 0 Å². The van der Waals surface area contributed by atoms with Gasteiger partial charge in [-0.3, -0.25) is 10.1 Å². The molecule has 0 atom stereocenters. The summed E-state index contributed by atoms with van der Waals surface area (Å²) in [5.74, 6) is -1.28. The fraction of sp³-hybridized carbons (Fsp3) is 0.583. The third-order valence-corrected chi connectivity index (χ3v) is 3.09. The van der Waals surface area contributed by atoms with E-state index >= 15 is 0 Å². The van der Waals surface area contributed by atoms with Crippen LogP contribution in [0.5, 0.6) is 0 Å². The van der Waals surface area contributed by atoms with E-state index in [4.69, 9.17) is 5.11 Å². The van der Waals surface area contributed by atoms with Crippen molar-refractivity contribution in [3.63, 3.8) is 0 Å². The first-order chi connectivity index (χ1) is 8.52. The number of hydrogen-bond acceptors (Lipinski definition) is 3. The highest BCUT2D eigenvalue weighted by Gasteiger charge is 2.22. The van der Waals surface area contributed by atoms with Gasteiger partial charge in [-0.05, 0) is 18.8 Å². The smallest absolute Gasteiger partial charge is 0.328 e. The maximum absolute atomic E-state index is 11.7. The Morgan fingerprint density at radius 1 is 1.28 bits per heavy atom. The molecule has 0 radical (unpaired) electrons. The summed E-state index contributed by atoms with van der Waals surface area (Å²) >= 11 is 0. The second-order valence-corrected chi connectivity index (χ2v) is 4.30. The van der Waals surface area contributed by atoms with E-state index in [2.05, 4.69) is 12.2 Å². The van der Waals surface area contributed by atoms with E-state index < -0.39 is 17.9 Å². The third kappa shape index (κ3) is 4.57. The van der Waals surface area contributed by atoms with Gasteiger partial charge in [0.15, 0.2) is 0 Å². The lowest BCUT2D eigenvalue weighted by molar-refractivity contribution is -0.131. The van der Waals surface area contributed by atoms with Gasteiger partial charge in [-0.25, -0.2) is 9.59 Å². The number of carboxylic acid groups (broad SMARTS) is 1. The summed E-state index contributed by atoms with van der Waals surface area (Å²) in [4.78, 5) is 34.7. The summed E-state index contributed by atoms with van der Waals surface area (Å²) in [6.45, 7) is 3.40. The predicted molar refractivity (Wildman–Crippen MR) is 64.9 cm³/mol. The van der Waals surface area contributed by atoms with Gasteiger partial charge in [-0.15, -0.1) is 0 Å². The average Bonchev–Trinajstić information content (AvgIpc) is 2.36. The minimum atomic E-state index is -1.22. The van der Waals surface area contributed by atoms with Gasteiger partial charge >= 0.3 is 12.0 Å². The number of carboxylic acids is 1. The minimum Gasteiger partial charge on any atom is -0.478 e. The van der Waals surface area contributed by atoms with Gasteiger partial charge in [0.2, 0.25) is 0 Å². The molecule has 100 valence electrons. The summed E-state index contributed by atoms with van der Waals surface area (Å²) in [6, 6.07) is -0.454. The zero-order chi connectivity index (χ0) is 13.5. The highest BCUT2D eigenvalue weighted by atomic mass is 16.4. The summed E-state index contributed by atoms with van der Waals surface area (Å²) in [7, 11) is 0. The largest absolute Gasteiger partial charge is 0.478 e. The minimum absolute atomic E-state index is 0.454. The second kappa shape index (κ2) is 6.78. The number of piperidine rings is 1. The third-order valence-electron chi connectivity index (χ3n) is 3.09. The summed E-state index contributed by atoms with van der Waals surface area (Å²) in [6.07, 6.45) is 4.53. The van der Waals surface area contributed by atoms with Crippen LogP contribution in [0.3, 0.4) is 0 Å². The number of carbonyl (C=O) groups is 3. The average molecular weight is 254 g/mol. The first-order valence-corrected chi connectivity index (χ1v) is 6.03. The molecule has 1 aliphatic heterocycles. The molecule has 0 aromatic rings. The molecule has 1 heterocycles. The van der Waals surface area contributed by atoms with E-state index in [1.165, 1.54) is 0 Å². The Morgan fingerprint density at radius 3 is 2.39 bits per heavy atom. The van der Waals surface area contributed by atoms with Gasteiger partial charge < -0.3 is 10.0 Å². The maximum atomic E-state index is 11.7. The molecule has 6 heteroatoms. The van der Waals surface area contributed by atoms with Crippen molar-refractivity contribution in [1.82, 2.24) is 10.2 Å². The maximum Gasteiger partial charge on any atom is 0.328 e. The van der Waals surface area contributed by atoms with Crippen LogP contribution in [0, 0.1) is 5.92 Å². The summed E-state index contributed by atoms with van der Waals surface area (Å²) in [5, 5.41) is 10.5. The van der Waals surface area contributed by atoms with Crippen molar-refractivity contribution in [2.45, 2.75) is 26.2 Å². The number of rotatable bonds is 3. The van der Waals surface area contributed by atoms with Gasteiger partial charge in [0, 0.05) is 25.2 Å². The predicted octanol–water partition coefficient (Wildman–Crippen LogP) is 0.985. The van der Waals surface area contributed by atoms with Crippen LogP contribution in [0.2, 0.25) is 0 Å². The number of likely N-dealkylation sites (tertiary alicyclic amines) is 1. The Balaban J connectivity index is 2.37. The molecule has 1 aliphatic rings. The van der Waals surface area contributed by atoms with Crippen LogP contribution in [0.1, 0.15) is 26.2 Å². The van der Waals surface area contributed by atoms with Crippen molar-refractivity contribution in [2.75, 3.05) is 13.1 Å². The number of carbonyl (C=O) groups excluding carboxylic acids is 2. The van der Waals surface area contributed by atoms with E-state index in [1.54, 1.807) is 4.90 Å². The fourth-order valence-electron chi connectivity index (χ4n) is 1.92. The number of amides is 3. The standard InChI is InChI=1S/C12H18N2O4/c1-2-9-5-7-14(8-6-9)12(18)13-10(15)3-4-11(16)17/h3-4,9H,2,5-8H2,1H3,(H,16,17)(H,13,15,18). The van der Waals surface area contributed by atoms with Crippen LogP contribution < -0.4 is 5.32 Å². The van der Waals surface area contributed by atoms with Gasteiger partial charge in [0.25, 0.3) is 5.91 Å². The quantitative estimate of drug-likeness (QED) is 0.735. The number of nitrogens with zero attached hydrogens (tertiary/aromatic N) is 1. The molecule has 0 aromatic heterocycles. The lowest BCUT2D eigenvalue weighted by atomic mass is 9.95. The van der Waals surface area contributed by atoms with Gasteiger partial charge in [-0.2, -0.15) is 0 Å². The topological polar surface area (TPSA) is 86.7 Å². The Kier molecular flexibility index (Phi) is 5.35. The number of imide groups is 1. The number of urea groups is 1. The van der Waals surface area contributed by atoms with Crippen LogP contribution in [-0.2, 0) is 9.59 Å². The SMILES string of the molecule is CCC1CCN(C(=O)NC(=O)C=CC(=O)O)CC1. The van der Waals surface area contributed by atoms with Crippen LogP contribution in [0.4, 0.5) is 4.79 Å². The molecule has 0 unspecified atom stereocenters.